The highest BCUT2D eigenvalue weighted by Crippen LogP contribution is 2.35. The fourth-order valence-corrected chi connectivity index (χ4v) is 3.51. The number of hydrogen-bond donors (Lipinski definition) is 1. The molecule has 0 atom stereocenters. The number of thioether (sulfide) groups is 1. The fourth-order valence-electron chi connectivity index (χ4n) is 2.25. The van der Waals surface area contributed by atoms with Gasteiger partial charge >= 0.3 is 6.18 Å². The zero-order valence-electron chi connectivity index (χ0n) is 16.0. The van der Waals surface area contributed by atoms with E-state index in [1.165, 1.54) is 11.8 Å². The third-order valence-corrected chi connectivity index (χ3v) is 4.64. The van der Waals surface area contributed by atoms with Crippen LogP contribution in [-0.2, 0) is 6.18 Å². The van der Waals surface area contributed by atoms with Gasteiger partial charge in [-0.15, -0.1) is 0 Å². The molecule has 1 heterocycles. The SMILES string of the molecule is CSC(=NC(C)(C)C)Nc1c(C)cc(Oc2nc(C(F)(F)F)cs2)cc1C. The zero-order chi connectivity index (χ0) is 20.4. The van der Waals surface area contributed by atoms with Crippen LogP contribution in [-0.4, -0.2) is 21.9 Å². The standard InChI is InChI=1S/C18H22F3N3OS2/c1-10-7-12(25-16-22-13(9-27-16)18(19,20)21)8-11(2)14(10)23-15(26-6)24-17(3,4)5/h7-9H,1-6H3,(H,23,24). The quantitative estimate of drug-likeness (QED) is 0.457. The number of nitrogens with zero attached hydrogens (tertiary/aromatic N) is 2. The Morgan fingerprint density at radius 3 is 2.22 bits per heavy atom. The van der Waals surface area contributed by atoms with E-state index in [1.54, 1.807) is 12.1 Å². The summed E-state index contributed by atoms with van der Waals surface area (Å²) < 4.78 is 43.5. The molecular weight excluding hydrogens is 395 g/mol. The highest BCUT2D eigenvalue weighted by Gasteiger charge is 2.34. The molecule has 2 aromatic rings. The predicted molar refractivity (Wildman–Crippen MR) is 107 cm³/mol. The first-order valence-electron chi connectivity index (χ1n) is 8.12. The second kappa shape index (κ2) is 8.10. The molecule has 0 aliphatic carbocycles. The Morgan fingerprint density at radius 1 is 1.19 bits per heavy atom. The number of anilines is 1. The Bertz CT molecular complexity index is 816. The summed E-state index contributed by atoms with van der Waals surface area (Å²) in [4.78, 5) is 8.14. The van der Waals surface area contributed by atoms with E-state index in [4.69, 9.17) is 4.74 Å². The number of amidine groups is 1. The van der Waals surface area contributed by atoms with Crippen LogP contribution >= 0.6 is 23.1 Å². The van der Waals surface area contributed by atoms with Crippen molar-refractivity contribution in [2.75, 3.05) is 11.6 Å². The smallest absolute Gasteiger partial charge is 0.431 e. The van der Waals surface area contributed by atoms with E-state index in [0.717, 1.165) is 38.7 Å². The van der Waals surface area contributed by atoms with Crippen molar-refractivity contribution in [2.45, 2.75) is 46.3 Å². The molecule has 1 aromatic heterocycles. The van der Waals surface area contributed by atoms with Crippen molar-refractivity contribution in [2.24, 2.45) is 4.99 Å². The van der Waals surface area contributed by atoms with Crippen molar-refractivity contribution in [1.29, 1.82) is 0 Å². The van der Waals surface area contributed by atoms with Gasteiger partial charge in [-0.3, -0.25) is 4.99 Å². The topological polar surface area (TPSA) is 46.5 Å². The van der Waals surface area contributed by atoms with E-state index >= 15 is 0 Å². The third kappa shape index (κ3) is 6.14. The molecule has 1 aromatic carbocycles. The van der Waals surface area contributed by atoms with Gasteiger partial charge in [-0.1, -0.05) is 23.1 Å². The van der Waals surface area contributed by atoms with E-state index in [-0.39, 0.29) is 10.7 Å². The van der Waals surface area contributed by atoms with E-state index in [2.05, 4.69) is 15.3 Å². The van der Waals surface area contributed by atoms with Crippen LogP contribution in [0.15, 0.2) is 22.5 Å². The van der Waals surface area contributed by atoms with Gasteiger partial charge in [0.2, 0.25) is 0 Å². The van der Waals surface area contributed by atoms with Crippen LogP contribution in [0.3, 0.4) is 0 Å². The summed E-state index contributed by atoms with van der Waals surface area (Å²) >= 11 is 2.33. The first kappa shape index (κ1) is 21.6. The first-order chi connectivity index (χ1) is 12.4. The summed E-state index contributed by atoms with van der Waals surface area (Å²) in [7, 11) is 0. The Balaban J connectivity index is 2.24. The predicted octanol–water partition coefficient (Wildman–Crippen LogP) is 6.50. The normalized spacial score (nSPS) is 13.0. The van der Waals surface area contributed by atoms with Gasteiger partial charge in [0, 0.05) is 11.1 Å². The van der Waals surface area contributed by atoms with Crippen LogP contribution in [0.1, 0.15) is 37.6 Å². The molecule has 0 spiro atoms. The molecule has 0 radical (unpaired) electrons. The summed E-state index contributed by atoms with van der Waals surface area (Å²) in [5.74, 6) is 0.442. The first-order valence-corrected chi connectivity index (χ1v) is 10.2. The van der Waals surface area contributed by atoms with Gasteiger partial charge in [0.1, 0.15) is 5.75 Å². The molecule has 0 saturated carbocycles. The van der Waals surface area contributed by atoms with Crippen molar-refractivity contribution in [1.82, 2.24) is 4.98 Å². The molecule has 0 saturated heterocycles. The summed E-state index contributed by atoms with van der Waals surface area (Å²) in [5, 5.41) is 5.02. The monoisotopic (exact) mass is 417 g/mol. The van der Waals surface area contributed by atoms with Crippen molar-refractivity contribution < 1.29 is 17.9 Å². The summed E-state index contributed by atoms with van der Waals surface area (Å²) in [6, 6.07) is 3.53. The average Bonchev–Trinajstić information content (AvgIpc) is 2.97. The fraction of sp³-hybridized carbons (Fsp3) is 0.444. The maximum absolute atomic E-state index is 12.7. The molecule has 0 fully saturated rings. The number of aromatic nitrogens is 1. The number of ether oxygens (including phenoxy) is 1. The molecule has 0 aliphatic rings. The average molecular weight is 418 g/mol. The number of alkyl halides is 3. The zero-order valence-corrected chi connectivity index (χ0v) is 17.6. The molecule has 0 bridgehead atoms. The lowest BCUT2D eigenvalue weighted by Crippen LogP contribution is -2.18. The van der Waals surface area contributed by atoms with E-state index in [9.17, 15) is 13.2 Å². The van der Waals surface area contributed by atoms with Gasteiger partial charge in [-0.25, -0.2) is 0 Å². The molecule has 0 unspecified atom stereocenters. The number of hydrogen-bond acceptors (Lipinski definition) is 5. The minimum atomic E-state index is -4.47. The van der Waals surface area contributed by atoms with Crippen molar-refractivity contribution in [3.63, 3.8) is 0 Å². The van der Waals surface area contributed by atoms with E-state index in [1.807, 2.05) is 40.9 Å². The molecule has 27 heavy (non-hydrogen) atoms. The molecule has 9 heteroatoms. The lowest BCUT2D eigenvalue weighted by atomic mass is 10.1. The van der Waals surface area contributed by atoms with E-state index in [0.29, 0.717) is 5.75 Å². The van der Waals surface area contributed by atoms with Crippen LogP contribution in [0.2, 0.25) is 0 Å². The number of rotatable bonds is 3. The van der Waals surface area contributed by atoms with Crippen LogP contribution in [0.25, 0.3) is 0 Å². The molecule has 4 nitrogen and oxygen atoms in total. The molecule has 1 N–H and O–H groups in total. The van der Waals surface area contributed by atoms with Crippen LogP contribution in [0.5, 0.6) is 10.9 Å². The van der Waals surface area contributed by atoms with Crippen LogP contribution in [0.4, 0.5) is 18.9 Å². The summed E-state index contributed by atoms with van der Waals surface area (Å²) in [6.07, 6.45) is -2.53. The largest absolute Gasteiger partial charge is 0.434 e. The summed E-state index contributed by atoms with van der Waals surface area (Å²) in [5.41, 5.74) is 1.53. The second-order valence-corrected chi connectivity index (χ2v) is 8.56. The number of nitrogens with one attached hydrogen (secondary N) is 1. The Kier molecular flexibility index (Phi) is 6.47. The maximum Gasteiger partial charge on any atom is 0.434 e. The number of aryl methyl sites for hydroxylation is 2. The van der Waals surface area contributed by atoms with Gasteiger partial charge in [-0.2, -0.15) is 18.2 Å². The lowest BCUT2D eigenvalue weighted by molar-refractivity contribution is -0.140. The maximum atomic E-state index is 12.7. The van der Waals surface area contributed by atoms with Gasteiger partial charge in [0.25, 0.3) is 5.19 Å². The molecule has 0 aliphatic heterocycles. The lowest BCUT2D eigenvalue weighted by Gasteiger charge is -2.19. The number of halogens is 3. The number of aliphatic imine (C=N–C) groups is 1. The van der Waals surface area contributed by atoms with Gasteiger partial charge in [0.15, 0.2) is 10.9 Å². The second-order valence-electron chi connectivity index (χ2n) is 6.95. The van der Waals surface area contributed by atoms with Crippen molar-refractivity contribution in [3.05, 3.63) is 34.3 Å². The van der Waals surface area contributed by atoms with Crippen LogP contribution < -0.4 is 10.1 Å². The molecule has 148 valence electrons. The summed E-state index contributed by atoms with van der Waals surface area (Å²) in [6.45, 7) is 9.86. The minimum Gasteiger partial charge on any atom is -0.431 e. The molecule has 0 amide bonds. The third-order valence-electron chi connectivity index (χ3n) is 3.35. The molecular formula is C18H22F3N3OS2. The van der Waals surface area contributed by atoms with Crippen LogP contribution in [0, 0.1) is 13.8 Å². The minimum absolute atomic E-state index is 0.0408. The Morgan fingerprint density at radius 2 is 1.78 bits per heavy atom. The molecule has 2 rings (SSSR count). The Hall–Kier alpha value is -1.74. The van der Waals surface area contributed by atoms with E-state index < -0.39 is 11.9 Å². The highest BCUT2D eigenvalue weighted by atomic mass is 32.2. The van der Waals surface area contributed by atoms with Gasteiger partial charge in [0.05, 0.1) is 5.54 Å². The van der Waals surface area contributed by atoms with Gasteiger partial charge in [-0.05, 0) is 64.1 Å². The van der Waals surface area contributed by atoms with Crippen molar-refractivity contribution in [3.8, 4) is 10.9 Å². The highest BCUT2D eigenvalue weighted by molar-refractivity contribution is 8.13. The Labute approximate surface area is 165 Å². The number of benzene rings is 1. The van der Waals surface area contributed by atoms with Crippen molar-refractivity contribution >= 4 is 34.0 Å². The number of thiazole rings is 1. The van der Waals surface area contributed by atoms with Gasteiger partial charge < -0.3 is 10.1 Å².